The Hall–Kier alpha value is -4.14. The highest BCUT2D eigenvalue weighted by molar-refractivity contribution is 6.39. The van der Waals surface area contributed by atoms with E-state index < -0.39 is 23.6 Å². The van der Waals surface area contributed by atoms with E-state index in [1.54, 1.807) is 24.3 Å². The molecule has 0 unspecified atom stereocenters. The fraction of sp³-hybridized carbons (Fsp3) is 0.0870. The minimum atomic E-state index is -4.57. The van der Waals surface area contributed by atoms with Crippen molar-refractivity contribution in [1.29, 1.82) is 0 Å². The molecule has 0 saturated carbocycles. The summed E-state index contributed by atoms with van der Waals surface area (Å²) < 4.78 is 44.5. The van der Waals surface area contributed by atoms with Crippen molar-refractivity contribution in [1.82, 2.24) is 5.43 Å². The maximum Gasteiger partial charge on any atom is 0.417 e. The van der Waals surface area contributed by atoms with Crippen LogP contribution in [0.15, 0.2) is 84.0 Å². The smallest absolute Gasteiger partial charge is 0.417 e. The van der Waals surface area contributed by atoms with Crippen molar-refractivity contribution < 1.29 is 27.5 Å². The van der Waals surface area contributed by atoms with E-state index in [0.717, 1.165) is 17.8 Å². The van der Waals surface area contributed by atoms with Crippen molar-refractivity contribution in [3.8, 4) is 5.75 Å². The van der Waals surface area contributed by atoms with Crippen molar-refractivity contribution >= 4 is 23.7 Å². The number of halogens is 3. The van der Waals surface area contributed by atoms with Crippen molar-refractivity contribution in [2.75, 3.05) is 5.32 Å². The normalized spacial score (nSPS) is 11.2. The zero-order chi connectivity index (χ0) is 23.0. The van der Waals surface area contributed by atoms with Crippen LogP contribution in [0.1, 0.15) is 16.7 Å². The lowest BCUT2D eigenvalue weighted by Crippen LogP contribution is -2.32. The van der Waals surface area contributed by atoms with E-state index in [-0.39, 0.29) is 5.56 Å². The maximum atomic E-state index is 12.9. The summed E-state index contributed by atoms with van der Waals surface area (Å²) in [6.07, 6.45) is -3.74. The summed E-state index contributed by atoms with van der Waals surface area (Å²) in [5.41, 5.74) is 2.09. The molecule has 0 aliphatic rings. The van der Waals surface area contributed by atoms with E-state index in [1.807, 2.05) is 35.8 Å². The average Bonchev–Trinajstić information content (AvgIpc) is 2.79. The van der Waals surface area contributed by atoms with E-state index in [1.165, 1.54) is 18.2 Å². The molecule has 3 rings (SSSR count). The SMILES string of the molecule is O=C(N/N=C\c1ccccc1C(F)(F)F)C(=O)Nc1ccc(OCc2ccccc2)cc1. The molecule has 0 aliphatic carbocycles. The van der Waals surface area contributed by atoms with Crippen molar-refractivity contribution in [3.05, 3.63) is 95.6 Å². The van der Waals surface area contributed by atoms with E-state index in [9.17, 15) is 22.8 Å². The number of carbonyl (C=O) groups is 2. The van der Waals surface area contributed by atoms with E-state index in [4.69, 9.17) is 4.74 Å². The predicted octanol–water partition coefficient (Wildman–Crippen LogP) is 4.37. The van der Waals surface area contributed by atoms with Gasteiger partial charge in [0.05, 0.1) is 11.8 Å². The highest BCUT2D eigenvalue weighted by Gasteiger charge is 2.32. The Balaban J connectivity index is 1.51. The Bertz CT molecular complexity index is 1100. The quantitative estimate of drug-likeness (QED) is 0.339. The van der Waals surface area contributed by atoms with Crippen LogP contribution in [-0.2, 0) is 22.4 Å². The van der Waals surface area contributed by atoms with E-state index in [0.29, 0.717) is 18.0 Å². The van der Waals surface area contributed by atoms with Gasteiger partial charge in [0.1, 0.15) is 12.4 Å². The zero-order valence-electron chi connectivity index (χ0n) is 16.6. The van der Waals surface area contributed by atoms with Gasteiger partial charge in [0.2, 0.25) is 0 Å². The largest absolute Gasteiger partial charge is 0.489 e. The van der Waals surface area contributed by atoms with Crippen LogP contribution in [0.2, 0.25) is 0 Å². The Morgan fingerprint density at radius 3 is 2.22 bits per heavy atom. The van der Waals surface area contributed by atoms with Gasteiger partial charge in [0, 0.05) is 11.3 Å². The Morgan fingerprint density at radius 2 is 1.53 bits per heavy atom. The van der Waals surface area contributed by atoms with Crippen LogP contribution in [0.25, 0.3) is 0 Å². The van der Waals surface area contributed by atoms with Gasteiger partial charge in [-0.25, -0.2) is 5.43 Å². The predicted molar refractivity (Wildman–Crippen MR) is 113 cm³/mol. The Labute approximate surface area is 181 Å². The molecule has 2 N–H and O–H groups in total. The molecule has 0 aliphatic heterocycles. The number of ether oxygens (including phenoxy) is 1. The molecule has 0 spiro atoms. The van der Waals surface area contributed by atoms with Crippen molar-refractivity contribution in [2.45, 2.75) is 12.8 Å². The molecule has 3 aromatic rings. The summed E-state index contributed by atoms with van der Waals surface area (Å²) >= 11 is 0. The number of hydrogen-bond donors (Lipinski definition) is 2. The van der Waals surface area contributed by atoms with Gasteiger partial charge in [-0.3, -0.25) is 9.59 Å². The van der Waals surface area contributed by atoms with Crippen LogP contribution in [0.3, 0.4) is 0 Å². The van der Waals surface area contributed by atoms with Gasteiger partial charge in [0.15, 0.2) is 0 Å². The van der Waals surface area contributed by atoms with Gasteiger partial charge in [-0.15, -0.1) is 0 Å². The summed E-state index contributed by atoms with van der Waals surface area (Å²) in [7, 11) is 0. The van der Waals surface area contributed by atoms with E-state index in [2.05, 4.69) is 10.4 Å². The number of nitrogens with zero attached hydrogens (tertiary/aromatic N) is 1. The molecule has 164 valence electrons. The molecule has 0 saturated heterocycles. The average molecular weight is 441 g/mol. The fourth-order valence-corrected chi connectivity index (χ4v) is 2.64. The fourth-order valence-electron chi connectivity index (χ4n) is 2.64. The summed E-state index contributed by atoms with van der Waals surface area (Å²) in [6, 6.07) is 20.7. The topological polar surface area (TPSA) is 79.8 Å². The molecule has 0 aromatic heterocycles. The number of anilines is 1. The molecule has 6 nitrogen and oxygen atoms in total. The molecule has 9 heteroatoms. The lowest BCUT2D eigenvalue weighted by molar-refractivity contribution is -0.137. The highest BCUT2D eigenvalue weighted by Crippen LogP contribution is 2.31. The third-order valence-corrected chi connectivity index (χ3v) is 4.20. The number of hydrogen-bond acceptors (Lipinski definition) is 4. The first-order valence-electron chi connectivity index (χ1n) is 9.40. The minimum absolute atomic E-state index is 0.244. The first-order valence-corrected chi connectivity index (χ1v) is 9.40. The number of hydrazone groups is 1. The second-order valence-electron chi connectivity index (χ2n) is 6.54. The van der Waals surface area contributed by atoms with Gasteiger partial charge in [0.25, 0.3) is 0 Å². The summed E-state index contributed by atoms with van der Waals surface area (Å²) in [6.45, 7) is 0.379. The number of alkyl halides is 3. The lowest BCUT2D eigenvalue weighted by atomic mass is 10.1. The first kappa shape index (κ1) is 22.5. The van der Waals surface area contributed by atoms with Crippen LogP contribution in [0.5, 0.6) is 5.75 Å². The molecular weight excluding hydrogens is 423 g/mol. The van der Waals surface area contributed by atoms with Gasteiger partial charge < -0.3 is 10.1 Å². The molecule has 2 amide bonds. The molecule has 0 atom stereocenters. The Kier molecular flexibility index (Phi) is 7.22. The standard InChI is InChI=1S/C23H18F3N3O3/c24-23(25,26)20-9-5-4-8-17(20)14-27-29-22(31)21(30)28-18-10-12-19(13-11-18)32-15-16-6-2-1-3-7-16/h1-14H,15H2,(H,28,30)(H,29,31)/b27-14-. The number of rotatable bonds is 6. The van der Waals surface area contributed by atoms with Crippen molar-refractivity contribution in [2.24, 2.45) is 5.10 Å². The minimum Gasteiger partial charge on any atom is -0.489 e. The van der Waals surface area contributed by atoms with Crippen LogP contribution in [0, 0.1) is 0 Å². The monoisotopic (exact) mass is 441 g/mol. The molecular formula is C23H18F3N3O3. The second kappa shape index (κ2) is 10.3. The van der Waals surface area contributed by atoms with Gasteiger partial charge in [-0.2, -0.15) is 18.3 Å². The van der Waals surface area contributed by atoms with Crippen LogP contribution < -0.4 is 15.5 Å². The molecule has 0 bridgehead atoms. The van der Waals surface area contributed by atoms with Gasteiger partial charge in [-0.05, 0) is 35.9 Å². The lowest BCUT2D eigenvalue weighted by Gasteiger charge is -2.09. The summed E-state index contributed by atoms with van der Waals surface area (Å²) in [5.74, 6) is -1.58. The van der Waals surface area contributed by atoms with Crippen molar-refractivity contribution in [3.63, 3.8) is 0 Å². The zero-order valence-corrected chi connectivity index (χ0v) is 16.6. The van der Waals surface area contributed by atoms with Crippen LogP contribution in [0.4, 0.5) is 18.9 Å². The third-order valence-electron chi connectivity index (χ3n) is 4.20. The number of benzene rings is 3. The molecule has 3 aromatic carbocycles. The molecule has 32 heavy (non-hydrogen) atoms. The highest BCUT2D eigenvalue weighted by atomic mass is 19.4. The van der Waals surface area contributed by atoms with Crippen LogP contribution >= 0.6 is 0 Å². The summed E-state index contributed by atoms with van der Waals surface area (Å²) in [4.78, 5) is 23.8. The summed E-state index contributed by atoms with van der Waals surface area (Å²) in [5, 5.41) is 5.81. The molecule has 0 fully saturated rings. The van der Waals surface area contributed by atoms with E-state index >= 15 is 0 Å². The van der Waals surface area contributed by atoms with Crippen LogP contribution in [-0.4, -0.2) is 18.0 Å². The maximum absolute atomic E-state index is 12.9. The third kappa shape index (κ3) is 6.43. The Morgan fingerprint density at radius 1 is 0.875 bits per heavy atom. The first-order chi connectivity index (χ1) is 15.3. The molecule has 0 heterocycles. The molecule has 0 radical (unpaired) electrons. The van der Waals surface area contributed by atoms with Gasteiger partial charge in [-0.1, -0.05) is 48.5 Å². The van der Waals surface area contributed by atoms with Gasteiger partial charge >= 0.3 is 18.0 Å². The number of amides is 2. The number of nitrogens with one attached hydrogen (secondary N) is 2. The number of carbonyl (C=O) groups excluding carboxylic acids is 2. The second-order valence-corrected chi connectivity index (χ2v) is 6.54.